The Balaban J connectivity index is 4.25. The Morgan fingerprint density at radius 3 is 1.52 bits per heavy atom. The number of unbranched alkanes of at least 4 members (excludes halogenated alkanes) is 17. The first-order valence-electron chi connectivity index (χ1n) is 20.6. The predicted octanol–water partition coefficient (Wildman–Crippen LogP) is 11.6. The monoisotopic (exact) mass is 754 g/mol. The van der Waals surface area contributed by atoms with E-state index in [4.69, 9.17) is 24.3 Å². The fourth-order valence-corrected chi connectivity index (χ4v) is 6.15. The smallest absolute Gasteiger partial charge is 0.462 e. The third-order valence-corrected chi connectivity index (χ3v) is 9.45. The van der Waals surface area contributed by atoms with Gasteiger partial charge in [0.15, 0.2) is 6.10 Å². The van der Waals surface area contributed by atoms with Crippen LogP contribution in [0.1, 0.15) is 174 Å². The molecule has 0 saturated carbocycles. The average molecular weight is 754 g/mol. The van der Waals surface area contributed by atoms with Gasteiger partial charge in [-0.25, -0.2) is 4.57 Å². The topological polar surface area (TPSA) is 134 Å². The summed E-state index contributed by atoms with van der Waals surface area (Å²) in [5.74, 6) is -0.865. The fourth-order valence-electron chi connectivity index (χ4n) is 5.38. The molecule has 0 aliphatic carbocycles. The summed E-state index contributed by atoms with van der Waals surface area (Å²) in [6.45, 7) is 3.65. The lowest BCUT2D eigenvalue weighted by atomic mass is 10.0. The third kappa shape index (κ3) is 37.7. The van der Waals surface area contributed by atoms with Crippen LogP contribution in [0, 0.1) is 0 Å². The minimum atomic E-state index is -4.38. The number of allylic oxidation sites excluding steroid dienone is 8. The van der Waals surface area contributed by atoms with Crippen LogP contribution < -0.4 is 5.73 Å². The molecular weight excluding hydrogens is 677 g/mol. The molecule has 52 heavy (non-hydrogen) atoms. The van der Waals surface area contributed by atoms with E-state index in [9.17, 15) is 19.0 Å². The molecular formula is C42H76NO8P. The third-order valence-electron chi connectivity index (χ3n) is 8.47. The van der Waals surface area contributed by atoms with Crippen molar-refractivity contribution < 1.29 is 37.6 Å². The molecule has 0 spiro atoms. The molecule has 0 saturated heterocycles. The molecule has 0 aromatic rings. The minimum Gasteiger partial charge on any atom is -0.462 e. The minimum absolute atomic E-state index is 0.0471. The Kier molecular flexibility index (Phi) is 37.2. The van der Waals surface area contributed by atoms with Gasteiger partial charge in [0.2, 0.25) is 0 Å². The zero-order chi connectivity index (χ0) is 38.2. The Morgan fingerprint density at radius 1 is 0.577 bits per heavy atom. The number of phosphoric acid groups is 1. The zero-order valence-electron chi connectivity index (χ0n) is 33.0. The van der Waals surface area contributed by atoms with Crippen molar-refractivity contribution in [3.8, 4) is 0 Å². The van der Waals surface area contributed by atoms with Gasteiger partial charge in [0.05, 0.1) is 13.2 Å². The van der Waals surface area contributed by atoms with Crippen molar-refractivity contribution in [1.29, 1.82) is 0 Å². The van der Waals surface area contributed by atoms with Crippen molar-refractivity contribution in [1.82, 2.24) is 0 Å². The summed E-state index contributed by atoms with van der Waals surface area (Å²) < 4.78 is 32.7. The van der Waals surface area contributed by atoms with Gasteiger partial charge in [-0.3, -0.25) is 18.6 Å². The number of carbonyl (C=O) groups excluding carboxylic acids is 2. The van der Waals surface area contributed by atoms with Crippen LogP contribution in [-0.2, 0) is 32.7 Å². The molecule has 0 heterocycles. The van der Waals surface area contributed by atoms with Gasteiger partial charge < -0.3 is 20.1 Å². The lowest BCUT2D eigenvalue weighted by Gasteiger charge is -2.19. The highest BCUT2D eigenvalue weighted by Gasteiger charge is 2.25. The van der Waals surface area contributed by atoms with Crippen LogP contribution in [0.4, 0.5) is 0 Å². The van der Waals surface area contributed by atoms with E-state index in [0.29, 0.717) is 6.42 Å². The first kappa shape index (κ1) is 50.0. The molecule has 9 nitrogen and oxygen atoms in total. The van der Waals surface area contributed by atoms with E-state index in [1.807, 2.05) is 0 Å². The number of rotatable bonds is 38. The van der Waals surface area contributed by atoms with Gasteiger partial charge in [-0.15, -0.1) is 0 Å². The van der Waals surface area contributed by atoms with E-state index in [1.165, 1.54) is 83.5 Å². The Morgan fingerprint density at radius 2 is 1.00 bits per heavy atom. The highest BCUT2D eigenvalue weighted by Crippen LogP contribution is 2.43. The Hall–Kier alpha value is -2.03. The average Bonchev–Trinajstić information content (AvgIpc) is 3.13. The van der Waals surface area contributed by atoms with E-state index in [2.05, 4.69) is 62.5 Å². The summed E-state index contributed by atoms with van der Waals surface area (Å²) in [6.07, 6.45) is 42.8. The van der Waals surface area contributed by atoms with Crippen LogP contribution in [0.25, 0.3) is 0 Å². The van der Waals surface area contributed by atoms with Crippen LogP contribution in [0.15, 0.2) is 48.6 Å². The predicted molar refractivity (Wildman–Crippen MR) is 215 cm³/mol. The van der Waals surface area contributed by atoms with Gasteiger partial charge in [0.25, 0.3) is 0 Å². The number of ether oxygens (including phenoxy) is 2. The lowest BCUT2D eigenvalue weighted by molar-refractivity contribution is -0.161. The van der Waals surface area contributed by atoms with Gasteiger partial charge in [-0.05, 0) is 57.8 Å². The molecule has 2 atom stereocenters. The molecule has 302 valence electrons. The second-order valence-corrected chi connectivity index (χ2v) is 15.0. The molecule has 0 radical (unpaired) electrons. The number of hydrogen-bond acceptors (Lipinski definition) is 8. The van der Waals surface area contributed by atoms with Crippen molar-refractivity contribution in [2.45, 2.75) is 180 Å². The first-order chi connectivity index (χ1) is 25.3. The lowest BCUT2D eigenvalue weighted by Crippen LogP contribution is -2.29. The Labute approximate surface area is 317 Å². The van der Waals surface area contributed by atoms with Gasteiger partial charge in [0, 0.05) is 19.4 Å². The molecule has 10 heteroatoms. The van der Waals surface area contributed by atoms with Crippen molar-refractivity contribution in [3.05, 3.63) is 48.6 Å². The van der Waals surface area contributed by atoms with Crippen LogP contribution >= 0.6 is 7.82 Å². The van der Waals surface area contributed by atoms with Crippen molar-refractivity contribution >= 4 is 19.8 Å². The standard InChI is InChI=1S/C42H76NO8P/c1-3-5-7-9-11-13-15-17-18-19-20-21-22-23-25-27-29-31-33-35-42(45)51-40(39-50-52(46,47)49-37-36-43)38-48-41(44)34-32-30-28-26-24-16-14-12-10-8-6-4-2/h11,13,17-18,20-21,23,25,40H,3-10,12,14-16,19,22,24,26-39,43H2,1-2H3,(H,46,47)/b13-11-,18-17-,21-20-,25-23-/t40-/m1/s1. The van der Waals surface area contributed by atoms with Gasteiger partial charge >= 0.3 is 19.8 Å². The molecule has 0 bridgehead atoms. The van der Waals surface area contributed by atoms with Gasteiger partial charge in [-0.2, -0.15) is 0 Å². The summed E-state index contributed by atoms with van der Waals surface area (Å²) in [6, 6.07) is 0. The summed E-state index contributed by atoms with van der Waals surface area (Å²) in [5, 5.41) is 0. The van der Waals surface area contributed by atoms with Crippen molar-refractivity contribution in [3.63, 3.8) is 0 Å². The fraction of sp³-hybridized carbons (Fsp3) is 0.762. The van der Waals surface area contributed by atoms with E-state index >= 15 is 0 Å². The van der Waals surface area contributed by atoms with E-state index in [0.717, 1.165) is 57.8 Å². The normalized spacial score (nSPS) is 13.8. The molecule has 1 unspecified atom stereocenters. The summed E-state index contributed by atoms with van der Waals surface area (Å²) in [4.78, 5) is 34.8. The zero-order valence-corrected chi connectivity index (χ0v) is 33.9. The quantitative estimate of drug-likeness (QED) is 0.0273. The molecule has 0 aromatic carbocycles. The largest absolute Gasteiger partial charge is 0.472 e. The maximum atomic E-state index is 12.5. The summed E-state index contributed by atoms with van der Waals surface area (Å²) >= 11 is 0. The summed E-state index contributed by atoms with van der Waals surface area (Å²) in [7, 11) is -4.38. The molecule has 0 fully saturated rings. The molecule has 0 aliphatic rings. The maximum Gasteiger partial charge on any atom is 0.472 e. The van der Waals surface area contributed by atoms with Crippen molar-refractivity contribution in [2.75, 3.05) is 26.4 Å². The number of esters is 2. The number of phosphoric ester groups is 1. The van der Waals surface area contributed by atoms with E-state index in [-0.39, 0.29) is 32.6 Å². The summed E-state index contributed by atoms with van der Waals surface area (Å²) in [5.41, 5.74) is 5.34. The molecule has 0 aliphatic heterocycles. The number of carbonyl (C=O) groups is 2. The molecule has 0 aromatic heterocycles. The number of nitrogens with two attached hydrogens (primary N) is 1. The second kappa shape index (κ2) is 38.7. The SMILES string of the molecule is CCCCC/C=C\C/C=C\C/C=C\C/C=C\CCCCCC(=O)O[C@H](COC(=O)CCCCCCCCCCCCCC)COP(=O)(O)OCCN. The van der Waals surface area contributed by atoms with E-state index < -0.39 is 32.5 Å². The van der Waals surface area contributed by atoms with Crippen LogP contribution in [0.5, 0.6) is 0 Å². The molecule has 0 amide bonds. The van der Waals surface area contributed by atoms with Gasteiger partial charge in [0.1, 0.15) is 6.61 Å². The highest BCUT2D eigenvalue weighted by atomic mass is 31.2. The highest BCUT2D eigenvalue weighted by molar-refractivity contribution is 7.47. The van der Waals surface area contributed by atoms with Crippen molar-refractivity contribution in [2.24, 2.45) is 5.73 Å². The maximum absolute atomic E-state index is 12.5. The Bertz CT molecular complexity index is 996. The van der Waals surface area contributed by atoms with Gasteiger partial charge in [-0.1, -0.05) is 152 Å². The second-order valence-electron chi connectivity index (χ2n) is 13.5. The molecule has 3 N–H and O–H groups in total. The van der Waals surface area contributed by atoms with E-state index in [1.54, 1.807) is 0 Å². The molecule has 0 rings (SSSR count). The van der Waals surface area contributed by atoms with Crippen LogP contribution in [-0.4, -0.2) is 49.3 Å². The van der Waals surface area contributed by atoms with Crippen LogP contribution in [0.3, 0.4) is 0 Å². The van der Waals surface area contributed by atoms with Crippen LogP contribution in [0.2, 0.25) is 0 Å². The number of hydrogen-bond donors (Lipinski definition) is 2. The first-order valence-corrected chi connectivity index (χ1v) is 22.1.